The van der Waals surface area contributed by atoms with Gasteiger partial charge in [-0.3, -0.25) is 4.79 Å². The molecule has 86 valence electrons. The van der Waals surface area contributed by atoms with Gasteiger partial charge in [-0.1, -0.05) is 6.07 Å². The molecule has 2 unspecified atom stereocenters. The van der Waals surface area contributed by atoms with Crippen molar-refractivity contribution in [1.29, 1.82) is 0 Å². The second-order valence-electron chi connectivity index (χ2n) is 3.85. The predicted octanol–water partition coefficient (Wildman–Crippen LogP) is 0.304. The minimum atomic E-state index is -0.317. The Morgan fingerprint density at radius 1 is 1.50 bits per heavy atom. The lowest BCUT2D eigenvalue weighted by Gasteiger charge is -2.13. The molecule has 1 aromatic rings. The van der Waals surface area contributed by atoms with E-state index in [9.17, 15) is 9.90 Å². The van der Waals surface area contributed by atoms with Gasteiger partial charge in [0.05, 0.1) is 19.1 Å². The smallest absolute Gasteiger partial charge is 0.231 e. The molecule has 4 N–H and O–H groups in total. The fraction of sp³-hybridized carbons (Fsp3) is 0.364. The van der Waals surface area contributed by atoms with E-state index in [0.717, 1.165) is 0 Å². The number of benzene rings is 1. The fourth-order valence-corrected chi connectivity index (χ4v) is 1.66. The maximum Gasteiger partial charge on any atom is 0.231 e. The van der Waals surface area contributed by atoms with Gasteiger partial charge in [-0.15, -0.1) is 0 Å². The summed E-state index contributed by atoms with van der Waals surface area (Å²) in [5, 5.41) is 11.9. The van der Waals surface area contributed by atoms with Crippen molar-refractivity contribution in [2.45, 2.75) is 6.04 Å². The standard InChI is InChI=1S/C11H14N2O3/c12-10-6-16-5-9(10)11(15)13-7-2-1-3-8(14)4-7/h1-4,9-10,14H,5-6,12H2,(H,13,15). The monoisotopic (exact) mass is 222 g/mol. The van der Waals surface area contributed by atoms with Crippen LogP contribution in [0, 0.1) is 5.92 Å². The normalized spacial score (nSPS) is 24.3. The second kappa shape index (κ2) is 4.51. The first-order valence-corrected chi connectivity index (χ1v) is 5.10. The van der Waals surface area contributed by atoms with Crippen LogP contribution in [0.15, 0.2) is 24.3 Å². The van der Waals surface area contributed by atoms with Crippen molar-refractivity contribution in [1.82, 2.24) is 0 Å². The molecule has 1 amide bonds. The zero-order valence-electron chi connectivity index (χ0n) is 8.72. The quantitative estimate of drug-likeness (QED) is 0.672. The predicted molar refractivity (Wildman–Crippen MR) is 59.0 cm³/mol. The molecule has 0 aromatic heterocycles. The van der Waals surface area contributed by atoms with Gasteiger partial charge in [-0.2, -0.15) is 0 Å². The maximum atomic E-state index is 11.8. The number of nitrogens with one attached hydrogen (secondary N) is 1. The molecule has 1 heterocycles. The second-order valence-corrected chi connectivity index (χ2v) is 3.85. The van der Waals surface area contributed by atoms with Crippen LogP contribution in [0.1, 0.15) is 0 Å². The van der Waals surface area contributed by atoms with Crippen LogP contribution in [-0.4, -0.2) is 30.3 Å². The Kier molecular flexibility index (Phi) is 3.07. The average molecular weight is 222 g/mol. The summed E-state index contributed by atoms with van der Waals surface area (Å²) in [5.74, 6) is -0.372. The van der Waals surface area contributed by atoms with Crippen LogP contribution in [0.3, 0.4) is 0 Å². The van der Waals surface area contributed by atoms with Crippen molar-refractivity contribution in [3.05, 3.63) is 24.3 Å². The molecule has 0 saturated carbocycles. The topological polar surface area (TPSA) is 84.6 Å². The van der Waals surface area contributed by atoms with Gasteiger partial charge in [-0.25, -0.2) is 0 Å². The highest BCUT2D eigenvalue weighted by molar-refractivity contribution is 5.93. The number of hydrogen-bond donors (Lipinski definition) is 3. The van der Waals surface area contributed by atoms with Crippen LogP contribution in [-0.2, 0) is 9.53 Å². The molecule has 1 saturated heterocycles. The van der Waals surface area contributed by atoms with Crippen molar-refractivity contribution in [2.75, 3.05) is 18.5 Å². The number of amides is 1. The van der Waals surface area contributed by atoms with Gasteiger partial charge >= 0.3 is 0 Å². The van der Waals surface area contributed by atoms with E-state index >= 15 is 0 Å². The molecule has 2 atom stereocenters. The lowest BCUT2D eigenvalue weighted by molar-refractivity contribution is -0.120. The molecule has 0 bridgehead atoms. The van der Waals surface area contributed by atoms with Crippen molar-refractivity contribution in [3.63, 3.8) is 0 Å². The fourth-order valence-electron chi connectivity index (χ4n) is 1.66. The number of anilines is 1. The van der Waals surface area contributed by atoms with Crippen LogP contribution >= 0.6 is 0 Å². The molecule has 0 radical (unpaired) electrons. The molecule has 5 nitrogen and oxygen atoms in total. The molecule has 1 aliphatic heterocycles. The maximum absolute atomic E-state index is 11.8. The molecule has 16 heavy (non-hydrogen) atoms. The van der Waals surface area contributed by atoms with E-state index in [1.807, 2.05) is 0 Å². The Balaban J connectivity index is 2.02. The number of hydrogen-bond acceptors (Lipinski definition) is 4. The lowest BCUT2D eigenvalue weighted by Crippen LogP contribution is -2.37. The van der Waals surface area contributed by atoms with E-state index in [2.05, 4.69) is 5.32 Å². The van der Waals surface area contributed by atoms with Gasteiger partial charge < -0.3 is 20.9 Å². The number of nitrogens with two attached hydrogens (primary N) is 1. The first-order chi connectivity index (χ1) is 7.66. The number of carbonyl (C=O) groups is 1. The van der Waals surface area contributed by atoms with Gasteiger partial charge in [0.15, 0.2) is 0 Å². The number of ether oxygens (including phenoxy) is 1. The highest BCUT2D eigenvalue weighted by atomic mass is 16.5. The Hall–Kier alpha value is -1.59. The van der Waals surface area contributed by atoms with Crippen LogP contribution in [0.2, 0.25) is 0 Å². The summed E-state index contributed by atoms with van der Waals surface area (Å²) >= 11 is 0. The Labute approximate surface area is 93.2 Å². The van der Waals surface area contributed by atoms with E-state index in [-0.39, 0.29) is 23.6 Å². The summed E-state index contributed by atoms with van der Waals surface area (Å²) in [6.45, 7) is 0.768. The zero-order valence-corrected chi connectivity index (χ0v) is 8.72. The van der Waals surface area contributed by atoms with Crippen molar-refractivity contribution in [3.8, 4) is 5.75 Å². The number of carbonyl (C=O) groups excluding carboxylic acids is 1. The summed E-state index contributed by atoms with van der Waals surface area (Å²) in [4.78, 5) is 11.8. The molecule has 0 aliphatic carbocycles. The Morgan fingerprint density at radius 3 is 2.94 bits per heavy atom. The third-order valence-electron chi connectivity index (χ3n) is 2.57. The summed E-state index contributed by atoms with van der Waals surface area (Å²) in [5.41, 5.74) is 6.29. The van der Waals surface area contributed by atoms with Crippen molar-refractivity contribution >= 4 is 11.6 Å². The lowest BCUT2D eigenvalue weighted by atomic mass is 10.0. The molecule has 1 aromatic carbocycles. The van der Waals surface area contributed by atoms with Gasteiger partial charge in [-0.05, 0) is 12.1 Å². The number of phenols is 1. The Bertz CT molecular complexity index is 395. The van der Waals surface area contributed by atoms with Gasteiger partial charge in [0.1, 0.15) is 5.75 Å². The first kappa shape index (κ1) is 10.9. The first-order valence-electron chi connectivity index (χ1n) is 5.10. The molecule has 0 spiro atoms. The average Bonchev–Trinajstić information content (AvgIpc) is 2.64. The number of aromatic hydroxyl groups is 1. The molecule has 1 aliphatic rings. The third-order valence-corrected chi connectivity index (χ3v) is 2.57. The van der Waals surface area contributed by atoms with E-state index in [0.29, 0.717) is 18.9 Å². The molecule has 2 rings (SSSR count). The van der Waals surface area contributed by atoms with Gasteiger partial charge in [0, 0.05) is 17.8 Å². The third kappa shape index (κ3) is 2.32. The molecule has 1 fully saturated rings. The van der Waals surface area contributed by atoms with Crippen LogP contribution in [0.4, 0.5) is 5.69 Å². The van der Waals surface area contributed by atoms with E-state index in [1.165, 1.54) is 6.07 Å². The molecule has 5 heteroatoms. The highest BCUT2D eigenvalue weighted by Crippen LogP contribution is 2.18. The van der Waals surface area contributed by atoms with E-state index in [1.54, 1.807) is 18.2 Å². The SMILES string of the molecule is NC1COCC1C(=O)Nc1cccc(O)c1. The number of phenolic OH excluding ortho intramolecular Hbond substituents is 1. The van der Waals surface area contributed by atoms with Crippen molar-refractivity contribution in [2.24, 2.45) is 11.7 Å². The minimum Gasteiger partial charge on any atom is -0.508 e. The van der Waals surface area contributed by atoms with Crippen molar-refractivity contribution < 1.29 is 14.6 Å². The number of rotatable bonds is 2. The van der Waals surface area contributed by atoms with Crippen LogP contribution < -0.4 is 11.1 Å². The largest absolute Gasteiger partial charge is 0.508 e. The minimum absolute atomic E-state index is 0.116. The van der Waals surface area contributed by atoms with Crippen LogP contribution in [0.25, 0.3) is 0 Å². The van der Waals surface area contributed by atoms with Crippen LogP contribution in [0.5, 0.6) is 5.75 Å². The molecular formula is C11H14N2O3. The van der Waals surface area contributed by atoms with Gasteiger partial charge in [0.25, 0.3) is 0 Å². The van der Waals surface area contributed by atoms with E-state index < -0.39 is 0 Å². The summed E-state index contributed by atoms with van der Waals surface area (Å²) in [6, 6.07) is 6.14. The summed E-state index contributed by atoms with van der Waals surface area (Å²) in [7, 11) is 0. The summed E-state index contributed by atoms with van der Waals surface area (Å²) < 4.78 is 5.12. The van der Waals surface area contributed by atoms with Gasteiger partial charge in [0.2, 0.25) is 5.91 Å². The highest BCUT2D eigenvalue weighted by Gasteiger charge is 2.31. The summed E-state index contributed by atoms with van der Waals surface area (Å²) in [6.07, 6.45) is 0. The van der Waals surface area contributed by atoms with E-state index in [4.69, 9.17) is 10.5 Å². The zero-order chi connectivity index (χ0) is 11.5. The molecular weight excluding hydrogens is 208 g/mol. The Morgan fingerprint density at radius 2 is 2.31 bits per heavy atom.